The van der Waals surface area contributed by atoms with Gasteiger partial charge in [-0.15, -0.1) is 0 Å². The normalized spacial score (nSPS) is 41.1. The fourth-order valence-corrected chi connectivity index (χ4v) is 12.4. The molecule has 0 aromatic carbocycles. The minimum Gasteiger partial charge on any atom is -0.460 e. The first kappa shape index (κ1) is 56.8. The van der Waals surface area contributed by atoms with E-state index in [-0.39, 0.29) is 79.0 Å². The van der Waals surface area contributed by atoms with Crippen molar-refractivity contribution in [3.8, 4) is 0 Å². The minimum atomic E-state index is -3.80. The first-order chi connectivity index (χ1) is 32.6. The molecule has 5 aliphatic rings. The summed E-state index contributed by atoms with van der Waals surface area (Å²) in [7, 11) is -0.818. The number of sulfonamides is 1. The molecule has 1 aliphatic carbocycles. The number of Topliss-reactive ketones (excluding diaryl/α,β-unsaturated/α-hetero) is 3. The number of nitrogens with one attached hydrogen (secondary N) is 1. The average molecular weight is 989 g/mol. The molecular weight excluding hydrogens is 905 g/mol. The van der Waals surface area contributed by atoms with E-state index < -0.39 is 93.5 Å². The molecule has 0 aromatic rings. The zero-order valence-corrected chi connectivity index (χ0v) is 43.6. The van der Waals surface area contributed by atoms with Crippen LogP contribution in [0.3, 0.4) is 0 Å². The number of esters is 1. The highest BCUT2D eigenvalue weighted by Crippen LogP contribution is 2.40. The Bertz CT molecular complexity index is 2020. The molecule has 69 heavy (non-hydrogen) atoms. The summed E-state index contributed by atoms with van der Waals surface area (Å²) in [5, 5.41) is 34.6. The minimum absolute atomic E-state index is 0.0496. The van der Waals surface area contributed by atoms with Crippen molar-refractivity contribution in [3.05, 3.63) is 47.2 Å². The molecule has 0 spiro atoms. The van der Waals surface area contributed by atoms with Gasteiger partial charge < -0.3 is 39.2 Å². The number of nitrogens with zero attached hydrogens (tertiary/aromatic N) is 1. The summed E-state index contributed by atoms with van der Waals surface area (Å²) < 4.78 is 52.5. The first-order valence-electron chi connectivity index (χ1n) is 25.7. The van der Waals surface area contributed by atoms with Gasteiger partial charge in [0.2, 0.25) is 21.6 Å². The second-order valence-electron chi connectivity index (χ2n) is 21.5. The molecule has 5 rings (SSSR count). The lowest BCUT2D eigenvalue weighted by Gasteiger charge is -2.44. The number of piperidine rings is 1. The van der Waals surface area contributed by atoms with Crippen LogP contribution in [0.25, 0.3) is 0 Å². The number of methoxy groups -OCH3 is 2. The first-order valence-corrected chi connectivity index (χ1v) is 27.3. The molecule has 1 saturated carbocycles. The molecular formula is C53H84N2O13S. The summed E-state index contributed by atoms with van der Waals surface area (Å²) in [6.45, 7) is 13.2. The lowest BCUT2D eigenvalue weighted by Crippen LogP contribution is -2.57. The van der Waals surface area contributed by atoms with Gasteiger partial charge in [0, 0.05) is 51.5 Å². The van der Waals surface area contributed by atoms with Crippen LogP contribution in [-0.2, 0) is 48.1 Å². The highest BCUT2D eigenvalue weighted by molar-refractivity contribution is 7.90. The van der Waals surface area contributed by atoms with E-state index in [1.807, 2.05) is 58.1 Å². The van der Waals surface area contributed by atoms with Gasteiger partial charge in [0.1, 0.15) is 24.0 Å². The van der Waals surface area contributed by atoms with Gasteiger partial charge >= 0.3 is 5.97 Å². The number of ether oxygens (including phenoxy) is 4. The van der Waals surface area contributed by atoms with Gasteiger partial charge in [0.05, 0.1) is 35.9 Å². The van der Waals surface area contributed by atoms with Crippen LogP contribution in [0.1, 0.15) is 138 Å². The summed E-state index contributed by atoms with van der Waals surface area (Å²) in [4.78, 5) is 59.7. The smallest absolute Gasteiger partial charge is 0.329 e. The van der Waals surface area contributed by atoms with E-state index in [4.69, 9.17) is 18.9 Å². The van der Waals surface area contributed by atoms with Gasteiger partial charge in [-0.3, -0.25) is 14.4 Å². The van der Waals surface area contributed by atoms with Gasteiger partial charge in [-0.2, -0.15) is 0 Å². The number of aliphatic hydroxyl groups is 3. The Morgan fingerprint density at radius 2 is 1.64 bits per heavy atom. The molecule has 16 heteroatoms. The largest absolute Gasteiger partial charge is 0.460 e. The van der Waals surface area contributed by atoms with Crippen molar-refractivity contribution < 1.29 is 61.9 Å². The maximum Gasteiger partial charge on any atom is 0.329 e. The Morgan fingerprint density at radius 1 is 0.899 bits per heavy atom. The van der Waals surface area contributed by atoms with E-state index in [1.165, 1.54) is 7.11 Å². The van der Waals surface area contributed by atoms with Gasteiger partial charge in [-0.1, -0.05) is 77.5 Å². The highest BCUT2D eigenvalue weighted by Gasteiger charge is 2.52. The van der Waals surface area contributed by atoms with E-state index >= 15 is 4.79 Å². The molecule has 0 radical (unpaired) electrons. The van der Waals surface area contributed by atoms with Crippen molar-refractivity contribution in [1.82, 2.24) is 9.62 Å². The second kappa shape index (κ2) is 25.5. The van der Waals surface area contributed by atoms with Gasteiger partial charge in [0.15, 0.2) is 5.78 Å². The van der Waals surface area contributed by atoms with Crippen LogP contribution in [-0.4, -0.2) is 133 Å². The van der Waals surface area contributed by atoms with Crippen LogP contribution in [0.15, 0.2) is 47.2 Å². The predicted molar refractivity (Wildman–Crippen MR) is 263 cm³/mol. The Kier molecular flexibility index (Phi) is 21.0. The third-order valence-corrected chi connectivity index (χ3v) is 17.1. The fourth-order valence-electron chi connectivity index (χ4n) is 11.3. The summed E-state index contributed by atoms with van der Waals surface area (Å²) in [6.07, 6.45) is 12.1. The molecule has 3 saturated heterocycles. The number of rotatable bonds is 5. The maximum atomic E-state index is 15.1. The lowest BCUT2D eigenvalue weighted by molar-refractivity contribution is -0.262. The molecule has 4 heterocycles. The van der Waals surface area contributed by atoms with E-state index in [0.717, 1.165) is 12.0 Å². The monoisotopic (exact) mass is 989 g/mol. The van der Waals surface area contributed by atoms with Gasteiger partial charge in [-0.05, 0) is 120 Å². The van der Waals surface area contributed by atoms with E-state index in [1.54, 1.807) is 32.8 Å². The third-order valence-electron chi connectivity index (χ3n) is 15.7. The van der Waals surface area contributed by atoms with Crippen molar-refractivity contribution in [2.75, 3.05) is 33.1 Å². The number of hydrogen-bond donors (Lipinski definition) is 4. The van der Waals surface area contributed by atoms with Crippen molar-refractivity contribution in [1.29, 1.82) is 0 Å². The molecule has 1 unspecified atom stereocenters. The zero-order valence-electron chi connectivity index (χ0n) is 42.8. The lowest BCUT2D eigenvalue weighted by atomic mass is 9.78. The van der Waals surface area contributed by atoms with Crippen molar-refractivity contribution >= 4 is 33.3 Å². The SMILES string of the molecule is CO[C@@H]1C[C@H](C[C@@H](C)[C@@H]2CC(=O)[C@H](C)CC(C)[C@@H](O)[C@@H](OC)C(=O)[C@H](C)C[C@H](C)/C=C/C=C/C=C(\C)CC[C@@H]3CC[C@@H](C)[C@@](O)(O3)C(=O)/C(=C3\CNS(=O)(=O)C3)N3CCCC[C@H]3C(=O)O2)CC[C@H]1O. The second-order valence-corrected chi connectivity index (χ2v) is 23.3. The number of allylic oxidation sites excluding steroid dienone is 6. The van der Waals surface area contributed by atoms with E-state index in [0.29, 0.717) is 64.2 Å². The van der Waals surface area contributed by atoms with E-state index in [9.17, 15) is 38.1 Å². The Morgan fingerprint density at radius 3 is 2.32 bits per heavy atom. The number of fused-ring (bicyclic) bond motifs is 3. The quantitative estimate of drug-likeness (QED) is 0.176. The van der Waals surface area contributed by atoms with Crippen LogP contribution in [0, 0.1) is 41.4 Å². The van der Waals surface area contributed by atoms with Crippen LogP contribution in [0.2, 0.25) is 0 Å². The number of cyclic esters (lactones) is 1. The molecule has 0 amide bonds. The number of carbonyl (C=O) groups excluding carboxylic acids is 4. The predicted octanol–water partition coefficient (Wildman–Crippen LogP) is 6.30. The van der Waals surface area contributed by atoms with Crippen molar-refractivity contribution in [2.24, 2.45) is 41.4 Å². The van der Waals surface area contributed by atoms with Crippen LogP contribution < -0.4 is 4.72 Å². The zero-order chi connectivity index (χ0) is 50.8. The third kappa shape index (κ3) is 15.0. The molecule has 0 aromatic heterocycles. The molecule has 2 bridgehead atoms. The van der Waals surface area contributed by atoms with Crippen LogP contribution in [0.4, 0.5) is 0 Å². The number of carbonyl (C=O) groups is 4. The highest BCUT2D eigenvalue weighted by atomic mass is 32.2. The number of ketones is 3. The Labute approximate surface area is 411 Å². The molecule has 15 nitrogen and oxygen atoms in total. The molecule has 4 fully saturated rings. The van der Waals surface area contributed by atoms with Crippen LogP contribution >= 0.6 is 0 Å². The standard InChI is InChI=1S/C53H84N2O13S/c1-32-15-11-10-12-16-33(2)25-36(5)48(58)50(66-9)49(59)37(6)26-34(3)44(57)29-45(35(4)27-39-20-23-43(56)46(28-39)65-8)67-52(61)42-17-13-14-24-55(42)47(40-30-54-69(63,64)31-40)51(60)53(62)38(7)19-22-41(68-53)21-18-32/h10-12,15-16,33-39,41-43,45-46,49-50,54,56,59,62H,13-14,17-31H2,1-9H3/b11-10+,16-12+,32-15+,47-40-/t33-,34-,35-,36-,37?,38-,39+,41-,42+,43-,45+,46-,49-,50+,53-/m1/s1. The molecule has 4 aliphatic heterocycles. The molecule has 390 valence electrons. The summed E-state index contributed by atoms with van der Waals surface area (Å²) >= 11 is 0. The van der Waals surface area contributed by atoms with Gasteiger partial charge in [-0.25, -0.2) is 17.9 Å². The number of hydrogen-bond acceptors (Lipinski definition) is 14. The molecule has 4 N–H and O–H groups in total. The van der Waals surface area contributed by atoms with Crippen molar-refractivity contribution in [3.63, 3.8) is 0 Å². The Hall–Kier alpha value is -3.09. The van der Waals surface area contributed by atoms with Gasteiger partial charge in [0.25, 0.3) is 0 Å². The fraction of sp³-hybridized carbons (Fsp3) is 0.774. The summed E-state index contributed by atoms with van der Waals surface area (Å²) in [5.74, 6) is -6.93. The summed E-state index contributed by atoms with van der Waals surface area (Å²) in [5.41, 5.74) is 1.24. The van der Waals surface area contributed by atoms with E-state index in [2.05, 4.69) is 4.72 Å². The topological polar surface area (TPSA) is 215 Å². The van der Waals surface area contributed by atoms with Crippen molar-refractivity contribution in [2.45, 2.75) is 187 Å². The Balaban J connectivity index is 1.52. The van der Waals surface area contributed by atoms with Crippen LogP contribution in [0.5, 0.6) is 0 Å². The average Bonchev–Trinajstić information content (AvgIpc) is 3.67. The maximum absolute atomic E-state index is 15.1. The number of aliphatic hydroxyl groups excluding tert-OH is 2. The molecule has 15 atom stereocenters. The summed E-state index contributed by atoms with van der Waals surface area (Å²) in [6, 6.07) is -1.03.